The van der Waals surface area contributed by atoms with Gasteiger partial charge in [0.25, 0.3) is 15.0 Å². The number of fused-ring (bicyclic) bond motifs is 1. The fourth-order valence-electron chi connectivity index (χ4n) is 1.58. The van der Waals surface area contributed by atoms with Crippen molar-refractivity contribution in [2.24, 2.45) is 0 Å². The maximum atomic E-state index is 11.6. The predicted octanol–water partition coefficient (Wildman–Crippen LogP) is 1.20. The summed E-state index contributed by atoms with van der Waals surface area (Å²) in [4.78, 5) is 13.1. The molecule has 0 bridgehead atoms. The Hall–Kier alpha value is -1.07. The zero-order chi connectivity index (χ0) is 11.2. The SMILES string of the molecule is CN1Cc2ccc(S(=O)(=O)Cl)cc2C1=O. The van der Waals surface area contributed by atoms with Crippen molar-refractivity contribution in [2.75, 3.05) is 7.05 Å². The van der Waals surface area contributed by atoms with Gasteiger partial charge in [0.15, 0.2) is 0 Å². The number of hydrogen-bond acceptors (Lipinski definition) is 3. The lowest BCUT2D eigenvalue weighted by molar-refractivity contribution is 0.0816. The molecule has 1 amide bonds. The summed E-state index contributed by atoms with van der Waals surface area (Å²) in [6.45, 7) is 0.511. The van der Waals surface area contributed by atoms with Crippen LogP contribution in [0.5, 0.6) is 0 Å². The molecule has 1 aliphatic rings. The molecule has 0 saturated heterocycles. The van der Waals surface area contributed by atoms with E-state index in [1.807, 2.05) is 0 Å². The standard InChI is InChI=1S/C9H8ClNO3S/c1-11-5-6-2-3-7(15(10,13)14)4-8(6)9(11)12/h2-4H,5H2,1H3. The lowest BCUT2D eigenvalue weighted by atomic mass is 10.1. The van der Waals surface area contributed by atoms with Crippen LogP contribution in [-0.2, 0) is 15.6 Å². The zero-order valence-electron chi connectivity index (χ0n) is 7.90. The molecule has 0 spiro atoms. The number of carbonyl (C=O) groups excluding carboxylic acids is 1. The second-order valence-corrected chi connectivity index (χ2v) is 5.98. The van der Waals surface area contributed by atoms with Crippen LogP contribution < -0.4 is 0 Å². The van der Waals surface area contributed by atoms with E-state index in [4.69, 9.17) is 10.7 Å². The van der Waals surface area contributed by atoms with E-state index in [0.29, 0.717) is 12.1 Å². The molecular formula is C9H8ClNO3S. The third-order valence-electron chi connectivity index (χ3n) is 2.35. The molecule has 15 heavy (non-hydrogen) atoms. The summed E-state index contributed by atoms with van der Waals surface area (Å²) in [5, 5.41) is 0. The quantitative estimate of drug-likeness (QED) is 0.699. The second-order valence-electron chi connectivity index (χ2n) is 3.42. The fourth-order valence-corrected chi connectivity index (χ4v) is 2.35. The second kappa shape index (κ2) is 3.21. The van der Waals surface area contributed by atoms with Gasteiger partial charge in [0.1, 0.15) is 0 Å². The summed E-state index contributed by atoms with van der Waals surface area (Å²) in [6.07, 6.45) is 0. The molecule has 1 aliphatic heterocycles. The summed E-state index contributed by atoms with van der Waals surface area (Å²) in [7, 11) is 3.09. The number of nitrogens with zero attached hydrogens (tertiary/aromatic N) is 1. The molecule has 2 rings (SSSR count). The van der Waals surface area contributed by atoms with E-state index in [2.05, 4.69) is 0 Å². The summed E-state index contributed by atoms with van der Waals surface area (Å²) in [6, 6.07) is 4.35. The Morgan fingerprint density at radius 3 is 2.67 bits per heavy atom. The highest BCUT2D eigenvalue weighted by atomic mass is 35.7. The third kappa shape index (κ3) is 1.72. The predicted molar refractivity (Wildman–Crippen MR) is 55.3 cm³/mol. The number of halogens is 1. The Morgan fingerprint density at radius 2 is 2.07 bits per heavy atom. The van der Waals surface area contributed by atoms with Crippen LogP contribution in [-0.4, -0.2) is 26.3 Å². The molecule has 0 N–H and O–H groups in total. The summed E-state index contributed by atoms with van der Waals surface area (Å²) >= 11 is 0. The van der Waals surface area contributed by atoms with E-state index in [9.17, 15) is 13.2 Å². The van der Waals surface area contributed by atoms with Crippen LogP contribution in [0.2, 0.25) is 0 Å². The Labute approximate surface area is 91.9 Å². The first-order valence-electron chi connectivity index (χ1n) is 4.22. The molecule has 0 atom stereocenters. The topological polar surface area (TPSA) is 54.5 Å². The average molecular weight is 246 g/mol. The minimum Gasteiger partial charge on any atom is -0.337 e. The highest BCUT2D eigenvalue weighted by molar-refractivity contribution is 8.13. The van der Waals surface area contributed by atoms with Gasteiger partial charge >= 0.3 is 0 Å². The van der Waals surface area contributed by atoms with Crippen LogP contribution in [0.3, 0.4) is 0 Å². The number of benzene rings is 1. The third-order valence-corrected chi connectivity index (χ3v) is 3.70. The average Bonchev–Trinajstić information content (AvgIpc) is 2.41. The molecule has 80 valence electrons. The van der Waals surface area contributed by atoms with Crippen LogP contribution in [0.25, 0.3) is 0 Å². The van der Waals surface area contributed by atoms with Crippen LogP contribution in [0.15, 0.2) is 23.1 Å². The normalized spacial score (nSPS) is 15.6. The number of rotatable bonds is 1. The van der Waals surface area contributed by atoms with Gasteiger partial charge in [0, 0.05) is 29.8 Å². The van der Waals surface area contributed by atoms with Crippen molar-refractivity contribution in [1.82, 2.24) is 4.90 Å². The first-order valence-corrected chi connectivity index (χ1v) is 6.53. The summed E-state index contributed by atoms with van der Waals surface area (Å²) in [5.41, 5.74) is 1.24. The monoisotopic (exact) mass is 245 g/mol. The van der Waals surface area contributed by atoms with E-state index in [1.54, 1.807) is 13.1 Å². The molecule has 0 unspecified atom stereocenters. The van der Waals surface area contributed by atoms with Gasteiger partial charge in [0.05, 0.1) is 4.90 Å². The van der Waals surface area contributed by atoms with Gasteiger partial charge in [0.2, 0.25) is 0 Å². The van der Waals surface area contributed by atoms with Crippen molar-refractivity contribution < 1.29 is 13.2 Å². The largest absolute Gasteiger partial charge is 0.337 e. The number of carbonyl (C=O) groups is 1. The number of amides is 1. The summed E-state index contributed by atoms with van der Waals surface area (Å²) in [5.74, 6) is -0.174. The van der Waals surface area contributed by atoms with Gasteiger partial charge in [-0.15, -0.1) is 0 Å². The molecular weight excluding hydrogens is 238 g/mol. The Balaban J connectivity index is 2.59. The van der Waals surface area contributed by atoms with E-state index in [1.165, 1.54) is 17.0 Å². The van der Waals surface area contributed by atoms with E-state index in [-0.39, 0.29) is 10.8 Å². The van der Waals surface area contributed by atoms with Gasteiger partial charge in [-0.3, -0.25) is 4.79 Å². The highest BCUT2D eigenvalue weighted by Crippen LogP contribution is 2.25. The van der Waals surface area contributed by atoms with Gasteiger partial charge in [-0.2, -0.15) is 0 Å². The van der Waals surface area contributed by atoms with Crippen molar-refractivity contribution in [3.63, 3.8) is 0 Å². The van der Waals surface area contributed by atoms with Crippen molar-refractivity contribution >= 4 is 25.6 Å². The highest BCUT2D eigenvalue weighted by Gasteiger charge is 2.26. The lowest BCUT2D eigenvalue weighted by Crippen LogP contribution is -2.17. The smallest absolute Gasteiger partial charge is 0.261 e. The van der Waals surface area contributed by atoms with Gasteiger partial charge < -0.3 is 4.90 Å². The van der Waals surface area contributed by atoms with Crippen molar-refractivity contribution in [3.05, 3.63) is 29.3 Å². The molecule has 4 nitrogen and oxygen atoms in total. The Morgan fingerprint density at radius 1 is 1.40 bits per heavy atom. The van der Waals surface area contributed by atoms with E-state index in [0.717, 1.165) is 5.56 Å². The van der Waals surface area contributed by atoms with Crippen LogP contribution in [0, 0.1) is 0 Å². The number of hydrogen-bond donors (Lipinski definition) is 0. The van der Waals surface area contributed by atoms with Gasteiger partial charge in [-0.1, -0.05) is 6.07 Å². The molecule has 0 saturated carbocycles. The zero-order valence-corrected chi connectivity index (χ0v) is 9.47. The van der Waals surface area contributed by atoms with Crippen molar-refractivity contribution in [1.29, 1.82) is 0 Å². The van der Waals surface area contributed by atoms with Crippen LogP contribution in [0.4, 0.5) is 0 Å². The van der Waals surface area contributed by atoms with Gasteiger partial charge in [-0.05, 0) is 17.7 Å². The van der Waals surface area contributed by atoms with Crippen LogP contribution >= 0.6 is 10.7 Å². The molecule has 0 aliphatic carbocycles. The summed E-state index contributed by atoms with van der Waals surface area (Å²) < 4.78 is 22.1. The fraction of sp³-hybridized carbons (Fsp3) is 0.222. The minimum absolute atomic E-state index is 0.0356. The molecule has 6 heteroatoms. The van der Waals surface area contributed by atoms with E-state index >= 15 is 0 Å². The maximum Gasteiger partial charge on any atom is 0.261 e. The first kappa shape index (κ1) is 10.4. The molecule has 0 fully saturated rings. The molecule has 0 radical (unpaired) electrons. The minimum atomic E-state index is -3.76. The lowest BCUT2D eigenvalue weighted by Gasteiger charge is -2.04. The van der Waals surface area contributed by atoms with E-state index < -0.39 is 9.05 Å². The first-order chi connectivity index (χ1) is 6.89. The molecule has 1 aromatic rings. The molecule has 1 heterocycles. The molecule has 0 aromatic heterocycles. The van der Waals surface area contributed by atoms with Crippen LogP contribution in [0.1, 0.15) is 15.9 Å². The maximum absolute atomic E-state index is 11.6. The molecule has 1 aromatic carbocycles. The van der Waals surface area contributed by atoms with Crippen molar-refractivity contribution in [3.8, 4) is 0 Å². The Kier molecular flexibility index (Phi) is 2.24. The van der Waals surface area contributed by atoms with Crippen molar-refractivity contribution in [2.45, 2.75) is 11.4 Å². The van der Waals surface area contributed by atoms with Gasteiger partial charge in [-0.25, -0.2) is 8.42 Å². The Bertz CT molecular complexity index is 538.